The van der Waals surface area contributed by atoms with Gasteiger partial charge >= 0.3 is 0 Å². The second-order valence-corrected chi connectivity index (χ2v) is 5.18. The molecule has 0 aliphatic heterocycles. The molecule has 1 N–H and O–H groups in total. The molecule has 1 aromatic rings. The standard InChI is InChI=1S/C16H27NO2/c1-6-17-13(4)16-14(18-5)8-7-9-15(16)19-11-10-12(2)3/h7-9,12-13,17H,6,10-11H2,1-5H3. The van der Waals surface area contributed by atoms with E-state index in [2.05, 4.69) is 33.0 Å². The van der Waals surface area contributed by atoms with Crippen LogP contribution in [0.1, 0.15) is 45.7 Å². The van der Waals surface area contributed by atoms with E-state index in [1.165, 1.54) is 0 Å². The van der Waals surface area contributed by atoms with Gasteiger partial charge in [-0.2, -0.15) is 0 Å². The highest BCUT2D eigenvalue weighted by molar-refractivity contribution is 5.46. The minimum absolute atomic E-state index is 0.218. The zero-order valence-corrected chi connectivity index (χ0v) is 12.8. The molecular formula is C16H27NO2. The molecule has 1 atom stereocenters. The predicted molar refractivity (Wildman–Crippen MR) is 80.0 cm³/mol. The van der Waals surface area contributed by atoms with Crippen LogP contribution in [0.5, 0.6) is 11.5 Å². The van der Waals surface area contributed by atoms with E-state index < -0.39 is 0 Å². The Morgan fingerprint density at radius 3 is 2.42 bits per heavy atom. The van der Waals surface area contributed by atoms with E-state index in [-0.39, 0.29) is 6.04 Å². The van der Waals surface area contributed by atoms with Crippen molar-refractivity contribution in [2.75, 3.05) is 20.3 Å². The Morgan fingerprint density at radius 1 is 1.16 bits per heavy atom. The summed E-state index contributed by atoms with van der Waals surface area (Å²) in [6, 6.07) is 6.20. The van der Waals surface area contributed by atoms with Crippen molar-refractivity contribution in [3.8, 4) is 11.5 Å². The first-order valence-electron chi connectivity index (χ1n) is 7.13. The van der Waals surface area contributed by atoms with Crippen LogP contribution in [0.4, 0.5) is 0 Å². The molecule has 0 saturated heterocycles. The third-order valence-corrected chi connectivity index (χ3v) is 3.14. The normalized spacial score (nSPS) is 12.5. The first-order valence-corrected chi connectivity index (χ1v) is 7.13. The Hall–Kier alpha value is -1.22. The maximum Gasteiger partial charge on any atom is 0.127 e. The number of ether oxygens (including phenoxy) is 2. The van der Waals surface area contributed by atoms with E-state index in [0.29, 0.717) is 5.92 Å². The van der Waals surface area contributed by atoms with Crippen LogP contribution in [0.15, 0.2) is 18.2 Å². The Kier molecular flexibility index (Phi) is 6.71. The van der Waals surface area contributed by atoms with E-state index in [1.54, 1.807) is 7.11 Å². The third kappa shape index (κ3) is 4.75. The first-order chi connectivity index (χ1) is 9.10. The van der Waals surface area contributed by atoms with Crippen molar-refractivity contribution in [2.24, 2.45) is 5.92 Å². The molecule has 0 aliphatic rings. The fourth-order valence-electron chi connectivity index (χ4n) is 2.07. The van der Waals surface area contributed by atoms with Crippen LogP contribution in [-0.2, 0) is 0 Å². The van der Waals surface area contributed by atoms with Gasteiger partial charge in [-0.15, -0.1) is 0 Å². The summed E-state index contributed by atoms with van der Waals surface area (Å²) in [6.07, 6.45) is 1.06. The molecule has 0 aromatic heterocycles. The summed E-state index contributed by atoms with van der Waals surface area (Å²) in [5.74, 6) is 2.46. The molecule has 3 heteroatoms. The summed E-state index contributed by atoms with van der Waals surface area (Å²) in [5.41, 5.74) is 1.11. The Morgan fingerprint density at radius 2 is 1.84 bits per heavy atom. The second-order valence-electron chi connectivity index (χ2n) is 5.18. The topological polar surface area (TPSA) is 30.5 Å². The van der Waals surface area contributed by atoms with Crippen molar-refractivity contribution in [3.05, 3.63) is 23.8 Å². The summed E-state index contributed by atoms with van der Waals surface area (Å²) in [4.78, 5) is 0. The van der Waals surface area contributed by atoms with Gasteiger partial charge in [0.05, 0.1) is 19.3 Å². The van der Waals surface area contributed by atoms with Crippen molar-refractivity contribution in [3.63, 3.8) is 0 Å². The van der Waals surface area contributed by atoms with Crippen LogP contribution < -0.4 is 14.8 Å². The highest BCUT2D eigenvalue weighted by atomic mass is 16.5. The summed E-state index contributed by atoms with van der Waals surface area (Å²) in [6.45, 7) is 10.3. The van der Waals surface area contributed by atoms with Crippen LogP contribution in [0.3, 0.4) is 0 Å². The number of methoxy groups -OCH3 is 1. The Labute approximate surface area is 117 Å². The maximum atomic E-state index is 5.94. The quantitative estimate of drug-likeness (QED) is 0.775. The predicted octanol–water partition coefficient (Wildman–Crippen LogP) is 3.79. The molecule has 0 spiro atoms. The highest BCUT2D eigenvalue weighted by Gasteiger charge is 2.16. The monoisotopic (exact) mass is 265 g/mol. The molecule has 1 aromatic carbocycles. The van der Waals surface area contributed by atoms with Gasteiger partial charge in [0.2, 0.25) is 0 Å². The average molecular weight is 265 g/mol. The van der Waals surface area contributed by atoms with Gasteiger partial charge in [0.25, 0.3) is 0 Å². The molecule has 1 unspecified atom stereocenters. The number of hydrogen-bond donors (Lipinski definition) is 1. The van der Waals surface area contributed by atoms with E-state index in [9.17, 15) is 0 Å². The van der Waals surface area contributed by atoms with Crippen LogP contribution in [0, 0.1) is 5.92 Å². The van der Waals surface area contributed by atoms with Crippen molar-refractivity contribution in [1.82, 2.24) is 5.32 Å². The van der Waals surface area contributed by atoms with Gasteiger partial charge in [-0.3, -0.25) is 0 Å². The molecule has 0 bridgehead atoms. The zero-order chi connectivity index (χ0) is 14.3. The molecule has 19 heavy (non-hydrogen) atoms. The molecule has 0 heterocycles. The van der Waals surface area contributed by atoms with Gasteiger partial charge in [-0.25, -0.2) is 0 Å². The van der Waals surface area contributed by atoms with Crippen LogP contribution in [0.2, 0.25) is 0 Å². The fraction of sp³-hybridized carbons (Fsp3) is 0.625. The van der Waals surface area contributed by atoms with E-state index in [1.807, 2.05) is 18.2 Å². The summed E-state index contributed by atoms with van der Waals surface area (Å²) < 4.78 is 11.4. The van der Waals surface area contributed by atoms with Gasteiger partial charge in [-0.05, 0) is 37.9 Å². The summed E-state index contributed by atoms with van der Waals surface area (Å²) in [7, 11) is 1.70. The van der Waals surface area contributed by atoms with Crippen molar-refractivity contribution >= 4 is 0 Å². The van der Waals surface area contributed by atoms with Gasteiger partial charge in [0.15, 0.2) is 0 Å². The lowest BCUT2D eigenvalue weighted by Gasteiger charge is -2.20. The maximum absolute atomic E-state index is 5.94. The Balaban J connectivity index is 2.88. The lowest BCUT2D eigenvalue weighted by molar-refractivity contribution is 0.281. The van der Waals surface area contributed by atoms with E-state index in [0.717, 1.165) is 36.6 Å². The number of benzene rings is 1. The lowest BCUT2D eigenvalue weighted by atomic mass is 10.1. The smallest absolute Gasteiger partial charge is 0.127 e. The molecule has 0 fully saturated rings. The number of nitrogens with one attached hydrogen (secondary N) is 1. The van der Waals surface area contributed by atoms with Gasteiger partial charge in [-0.1, -0.05) is 26.8 Å². The molecule has 0 amide bonds. The van der Waals surface area contributed by atoms with Crippen LogP contribution >= 0.6 is 0 Å². The Bertz CT molecular complexity index is 377. The number of rotatable bonds is 8. The molecule has 108 valence electrons. The minimum atomic E-state index is 0.218. The largest absolute Gasteiger partial charge is 0.496 e. The van der Waals surface area contributed by atoms with Gasteiger partial charge in [0.1, 0.15) is 11.5 Å². The van der Waals surface area contributed by atoms with Crippen LogP contribution in [-0.4, -0.2) is 20.3 Å². The zero-order valence-electron chi connectivity index (χ0n) is 12.8. The molecular weight excluding hydrogens is 238 g/mol. The van der Waals surface area contributed by atoms with E-state index in [4.69, 9.17) is 9.47 Å². The molecule has 3 nitrogen and oxygen atoms in total. The van der Waals surface area contributed by atoms with E-state index >= 15 is 0 Å². The molecule has 1 rings (SSSR count). The first kappa shape index (κ1) is 15.8. The van der Waals surface area contributed by atoms with Crippen molar-refractivity contribution in [2.45, 2.75) is 40.2 Å². The molecule has 0 radical (unpaired) electrons. The summed E-state index contributed by atoms with van der Waals surface area (Å²) >= 11 is 0. The average Bonchev–Trinajstić information content (AvgIpc) is 2.38. The van der Waals surface area contributed by atoms with Gasteiger partial charge < -0.3 is 14.8 Å². The lowest BCUT2D eigenvalue weighted by Crippen LogP contribution is -2.19. The van der Waals surface area contributed by atoms with Crippen molar-refractivity contribution < 1.29 is 9.47 Å². The van der Waals surface area contributed by atoms with Crippen molar-refractivity contribution in [1.29, 1.82) is 0 Å². The summed E-state index contributed by atoms with van der Waals surface area (Å²) in [5, 5.41) is 3.42. The fourth-order valence-corrected chi connectivity index (χ4v) is 2.07. The molecule has 0 aliphatic carbocycles. The minimum Gasteiger partial charge on any atom is -0.496 e. The second kappa shape index (κ2) is 8.05. The molecule has 0 saturated carbocycles. The van der Waals surface area contributed by atoms with Crippen LogP contribution in [0.25, 0.3) is 0 Å². The SMILES string of the molecule is CCNC(C)c1c(OC)cccc1OCCC(C)C. The number of hydrogen-bond acceptors (Lipinski definition) is 3. The highest BCUT2D eigenvalue weighted by Crippen LogP contribution is 2.34. The third-order valence-electron chi connectivity index (χ3n) is 3.14. The van der Waals surface area contributed by atoms with Gasteiger partial charge in [0, 0.05) is 6.04 Å².